The van der Waals surface area contributed by atoms with E-state index in [1.54, 1.807) is 31.5 Å². The fraction of sp³-hybridized carbons (Fsp3) is 0.542. The Morgan fingerprint density at radius 2 is 1.05 bits per heavy atom. The normalized spacial score (nSPS) is 17.3. The highest BCUT2D eigenvalue weighted by atomic mass is 16.6. The van der Waals surface area contributed by atoms with Gasteiger partial charge in [0.2, 0.25) is 11.8 Å². The molecule has 0 aliphatic carbocycles. The van der Waals surface area contributed by atoms with Crippen molar-refractivity contribution in [1.82, 2.24) is 40.4 Å². The first-order valence-corrected chi connectivity index (χ1v) is 22.8. The number of hydrogen-bond donors (Lipinski definition) is 4. The Kier molecular flexibility index (Phi) is 17.4. The van der Waals surface area contributed by atoms with Gasteiger partial charge < -0.3 is 58.8 Å². The van der Waals surface area contributed by atoms with Crippen LogP contribution in [0.15, 0.2) is 48.8 Å². The Morgan fingerprint density at radius 3 is 1.52 bits per heavy atom. The van der Waals surface area contributed by atoms with Crippen molar-refractivity contribution in [1.29, 1.82) is 0 Å². The quantitative estimate of drug-likeness (QED) is 0.0697. The number of piperidine rings is 2. The Morgan fingerprint density at radius 1 is 0.606 bits per heavy atom. The number of likely N-dealkylation sites (tertiary alicyclic amines) is 2. The second-order valence-corrected chi connectivity index (χ2v) is 17.2. The van der Waals surface area contributed by atoms with E-state index in [2.05, 4.69) is 20.6 Å². The van der Waals surface area contributed by atoms with Gasteiger partial charge in [0.15, 0.2) is 11.5 Å². The third kappa shape index (κ3) is 11.6. The van der Waals surface area contributed by atoms with Crippen LogP contribution >= 0.6 is 0 Å². The van der Waals surface area contributed by atoms with Crippen LogP contribution in [-0.2, 0) is 28.5 Å². The van der Waals surface area contributed by atoms with E-state index in [0.717, 1.165) is 54.5 Å². The molecule has 2 aromatic heterocycles. The Labute approximate surface area is 386 Å². The lowest BCUT2D eigenvalue weighted by Crippen LogP contribution is -2.53. The molecule has 2 aromatic carbocycles. The van der Waals surface area contributed by atoms with Gasteiger partial charge in [0.25, 0.3) is 0 Å². The van der Waals surface area contributed by atoms with Gasteiger partial charge in [0, 0.05) is 38.4 Å². The van der Waals surface area contributed by atoms with Crippen molar-refractivity contribution in [2.75, 3.05) is 68.0 Å². The topological polar surface area (TPSA) is 212 Å². The highest BCUT2D eigenvalue weighted by Crippen LogP contribution is 2.46. The number of H-pyrrole nitrogens is 2. The summed E-state index contributed by atoms with van der Waals surface area (Å²) in [5, 5.41) is 5.44. The predicted octanol–water partition coefficient (Wildman–Crippen LogP) is 7.05. The number of imidazole rings is 2. The van der Waals surface area contributed by atoms with Crippen LogP contribution in [0.1, 0.15) is 90.0 Å². The van der Waals surface area contributed by atoms with Gasteiger partial charge in [-0.3, -0.25) is 9.59 Å². The molecule has 0 saturated carbocycles. The van der Waals surface area contributed by atoms with Gasteiger partial charge in [-0.05, 0) is 73.6 Å². The number of carbonyl (C=O) groups excluding carboxylic acids is 4. The van der Waals surface area contributed by atoms with Crippen LogP contribution in [0.25, 0.3) is 33.6 Å². The molecule has 4 amide bonds. The second-order valence-electron chi connectivity index (χ2n) is 17.2. The minimum absolute atomic E-state index is 0.141. The number of ether oxygens (including phenoxy) is 6. The minimum atomic E-state index is -0.759. The van der Waals surface area contributed by atoms with E-state index >= 15 is 0 Å². The molecule has 4 heterocycles. The minimum Gasteiger partial charge on any atom is -0.487 e. The maximum atomic E-state index is 14.0. The number of methoxy groups -OCH3 is 4. The third-order valence-electron chi connectivity index (χ3n) is 12.2. The predicted molar refractivity (Wildman–Crippen MR) is 247 cm³/mol. The zero-order chi connectivity index (χ0) is 47.3. The van der Waals surface area contributed by atoms with Crippen LogP contribution < -0.4 is 20.1 Å². The molecule has 2 aliphatic rings. The molecule has 2 saturated heterocycles. The lowest BCUT2D eigenvalue weighted by atomic mass is 9.97. The Bertz CT molecular complexity index is 2240. The molecule has 0 unspecified atom stereocenters. The van der Waals surface area contributed by atoms with E-state index in [0.29, 0.717) is 67.1 Å². The summed E-state index contributed by atoms with van der Waals surface area (Å²) < 4.78 is 33.4. The van der Waals surface area contributed by atoms with E-state index in [-0.39, 0.29) is 48.9 Å². The number of nitrogens with one attached hydrogen (secondary N) is 4. The number of aromatic amines is 2. The molecule has 358 valence electrons. The maximum absolute atomic E-state index is 14.0. The van der Waals surface area contributed by atoms with E-state index in [1.807, 2.05) is 69.0 Å². The van der Waals surface area contributed by atoms with Crippen LogP contribution in [0.4, 0.5) is 9.59 Å². The molecular weight excluding hydrogens is 849 g/mol. The summed E-state index contributed by atoms with van der Waals surface area (Å²) >= 11 is 0. The molecule has 0 bridgehead atoms. The smallest absolute Gasteiger partial charge is 0.407 e. The van der Waals surface area contributed by atoms with Crippen molar-refractivity contribution in [3.8, 4) is 45.1 Å². The zero-order valence-corrected chi connectivity index (χ0v) is 39.4. The van der Waals surface area contributed by atoms with Crippen molar-refractivity contribution in [2.24, 2.45) is 11.8 Å². The average molecular weight is 915 g/mol. The van der Waals surface area contributed by atoms with E-state index < -0.39 is 24.3 Å². The maximum Gasteiger partial charge on any atom is 0.407 e. The molecule has 18 nitrogen and oxygen atoms in total. The molecule has 2 aliphatic heterocycles. The number of hydrogen-bond acceptors (Lipinski definition) is 12. The fourth-order valence-electron chi connectivity index (χ4n) is 8.58. The summed E-state index contributed by atoms with van der Waals surface area (Å²) in [4.78, 5) is 72.4. The number of carbonyl (C=O) groups is 4. The summed E-state index contributed by atoms with van der Waals surface area (Å²) in [5.74, 6) is 1.66. The summed E-state index contributed by atoms with van der Waals surface area (Å²) in [6.07, 6.45) is 7.23. The van der Waals surface area contributed by atoms with Crippen LogP contribution in [0.2, 0.25) is 0 Å². The Hall–Kier alpha value is -6.14. The van der Waals surface area contributed by atoms with Crippen molar-refractivity contribution >= 4 is 24.0 Å². The molecule has 4 aromatic rings. The lowest BCUT2D eigenvalue weighted by Gasteiger charge is -2.37. The van der Waals surface area contributed by atoms with Gasteiger partial charge in [-0.2, -0.15) is 0 Å². The van der Waals surface area contributed by atoms with Crippen molar-refractivity contribution < 1.29 is 47.6 Å². The molecule has 0 spiro atoms. The highest BCUT2D eigenvalue weighted by Gasteiger charge is 2.38. The SMILES string of the molecule is COCCOc1c(-c2ccc(-c3cnc([C@@H]4CCCCN4C(=O)[C@@H](NC(=O)OC)C(C)C)[nH]3)cc2)ccc(-c2cnc([C@@H]3CCCCN3C(=O)[C@@H](NC(=O)OC)C(C)C)[nH]2)c1OCCOC. The van der Waals surface area contributed by atoms with Crippen molar-refractivity contribution in [3.05, 3.63) is 60.4 Å². The highest BCUT2D eigenvalue weighted by molar-refractivity contribution is 5.87. The molecule has 18 heteroatoms. The Balaban J connectivity index is 1.30. The molecule has 4 atom stereocenters. The lowest BCUT2D eigenvalue weighted by molar-refractivity contribution is -0.139. The fourth-order valence-corrected chi connectivity index (χ4v) is 8.58. The second kappa shape index (κ2) is 23.4. The monoisotopic (exact) mass is 914 g/mol. The first kappa shape index (κ1) is 49.3. The van der Waals surface area contributed by atoms with Gasteiger partial charge in [-0.25, -0.2) is 19.6 Å². The summed E-state index contributed by atoms with van der Waals surface area (Å²) in [6.45, 7) is 9.84. The van der Waals surface area contributed by atoms with Gasteiger partial charge in [-0.1, -0.05) is 52.0 Å². The molecule has 0 radical (unpaired) electrons. The number of aromatic nitrogens is 4. The standard InChI is InChI=1S/C48H66N8O10/c1-29(2)39(53-47(59)63-7)45(57)55-21-11-9-13-37(55)43-49-27-35(51-43)32-17-15-31(16-18-32)33-19-20-34(42(66-26-24-62-6)41(33)65-25-23-61-5)36-28-50-44(52-36)38-14-10-12-22-56(38)46(58)40(30(3)4)54-48(60)64-8/h15-20,27-30,37-40H,9-14,21-26H2,1-8H3,(H,49,51)(H,50,52)(H,53,59)(H,54,60)/t37-,38-,39-,40-/m0/s1. The molecule has 6 rings (SSSR count). The summed E-state index contributed by atoms with van der Waals surface area (Å²) in [7, 11) is 5.80. The largest absolute Gasteiger partial charge is 0.487 e. The first-order valence-electron chi connectivity index (χ1n) is 22.8. The molecule has 2 fully saturated rings. The summed E-state index contributed by atoms with van der Waals surface area (Å²) in [6, 6.07) is 9.89. The number of nitrogens with zero attached hydrogens (tertiary/aromatic N) is 4. The average Bonchev–Trinajstić information content (AvgIpc) is 4.04. The van der Waals surface area contributed by atoms with Gasteiger partial charge >= 0.3 is 12.2 Å². The van der Waals surface area contributed by atoms with Crippen molar-refractivity contribution in [3.63, 3.8) is 0 Å². The van der Waals surface area contributed by atoms with Crippen LogP contribution in [-0.4, -0.2) is 134 Å². The van der Waals surface area contributed by atoms with Crippen LogP contribution in [0.5, 0.6) is 11.5 Å². The molecule has 4 N–H and O–H groups in total. The number of rotatable bonds is 19. The van der Waals surface area contributed by atoms with Crippen LogP contribution in [0, 0.1) is 11.8 Å². The van der Waals surface area contributed by atoms with Gasteiger partial charge in [0.1, 0.15) is 36.9 Å². The molecular formula is C48H66N8O10. The zero-order valence-electron chi connectivity index (χ0n) is 39.4. The number of amides is 4. The van der Waals surface area contributed by atoms with E-state index in [4.69, 9.17) is 38.4 Å². The number of benzene rings is 2. The summed E-state index contributed by atoms with van der Waals surface area (Å²) in [5.41, 5.74) is 4.74. The first-order chi connectivity index (χ1) is 31.9. The third-order valence-corrected chi connectivity index (χ3v) is 12.2. The van der Waals surface area contributed by atoms with Gasteiger partial charge in [-0.15, -0.1) is 0 Å². The van der Waals surface area contributed by atoms with E-state index in [1.165, 1.54) is 14.2 Å². The van der Waals surface area contributed by atoms with Crippen molar-refractivity contribution in [2.45, 2.75) is 90.4 Å². The van der Waals surface area contributed by atoms with E-state index in [9.17, 15) is 19.2 Å². The van der Waals surface area contributed by atoms with Gasteiger partial charge in [0.05, 0.1) is 63.3 Å². The van der Waals surface area contributed by atoms with Crippen LogP contribution in [0.3, 0.4) is 0 Å². The molecule has 66 heavy (non-hydrogen) atoms. The number of alkyl carbamates (subject to hydrolysis) is 2.